The summed E-state index contributed by atoms with van der Waals surface area (Å²) in [6.07, 6.45) is 0. The van der Waals surface area contributed by atoms with Crippen LogP contribution in [0.3, 0.4) is 0 Å². The lowest BCUT2D eigenvalue weighted by Gasteiger charge is -2.09. The fourth-order valence-corrected chi connectivity index (χ4v) is 10.0. The molecular weight excluding hydrogens is 725 g/mol. The van der Waals surface area contributed by atoms with E-state index in [0.29, 0.717) is 0 Å². The number of hydrogen-bond acceptors (Lipinski definition) is 3. The molecule has 0 fully saturated rings. The van der Waals surface area contributed by atoms with Crippen molar-refractivity contribution in [3.05, 3.63) is 182 Å². The van der Waals surface area contributed by atoms with Gasteiger partial charge >= 0.3 is 0 Å². The molecule has 0 aliphatic rings. The van der Waals surface area contributed by atoms with Crippen LogP contribution in [0.5, 0.6) is 0 Å². The summed E-state index contributed by atoms with van der Waals surface area (Å²) in [6, 6.07) is 64.4. The molecule has 0 saturated heterocycles. The quantitative estimate of drug-likeness (QED) is 0.180. The zero-order valence-corrected chi connectivity index (χ0v) is 31.4. The van der Waals surface area contributed by atoms with Crippen LogP contribution >= 0.6 is 0 Å². The molecule has 0 N–H and O–H groups in total. The Bertz CT molecular complexity index is 4080. The Morgan fingerprint density at radius 2 is 0.780 bits per heavy atom. The monoisotopic (exact) mass is 754 g/mol. The van der Waals surface area contributed by atoms with E-state index in [2.05, 4.69) is 167 Å². The van der Waals surface area contributed by atoms with Crippen LogP contribution in [0.15, 0.2) is 195 Å². The Kier molecular flexibility index (Phi) is 5.96. The fourth-order valence-electron chi connectivity index (χ4n) is 10.0. The number of aromatic nitrogens is 2. The van der Waals surface area contributed by atoms with Gasteiger partial charge in [0.2, 0.25) is 0 Å². The molecule has 0 spiro atoms. The number of benzene rings is 9. The molecule has 0 bridgehead atoms. The highest BCUT2D eigenvalue weighted by molar-refractivity contribution is 6.29. The molecule has 0 aliphatic carbocycles. The van der Waals surface area contributed by atoms with E-state index in [1.807, 2.05) is 24.3 Å². The van der Waals surface area contributed by atoms with Crippen molar-refractivity contribution in [3.8, 4) is 22.5 Å². The van der Waals surface area contributed by atoms with Crippen LogP contribution in [0, 0.1) is 0 Å². The van der Waals surface area contributed by atoms with Crippen LogP contribution < -0.4 is 0 Å². The Hall–Kier alpha value is -8.02. The van der Waals surface area contributed by atoms with Gasteiger partial charge in [0.1, 0.15) is 27.9 Å². The first-order chi connectivity index (χ1) is 29.3. The van der Waals surface area contributed by atoms with E-state index in [0.717, 1.165) is 132 Å². The van der Waals surface area contributed by atoms with Gasteiger partial charge < -0.3 is 22.4 Å². The Balaban J connectivity index is 0.989. The van der Waals surface area contributed by atoms with Gasteiger partial charge in [-0.15, -0.1) is 0 Å². The molecule has 0 aliphatic heterocycles. The summed E-state index contributed by atoms with van der Waals surface area (Å²) in [6.45, 7) is 0. The zero-order valence-electron chi connectivity index (χ0n) is 31.4. The number of nitrogens with zero attached hydrogens (tertiary/aromatic N) is 2. The van der Waals surface area contributed by atoms with Crippen molar-refractivity contribution in [1.82, 2.24) is 9.13 Å². The van der Waals surface area contributed by atoms with E-state index in [9.17, 15) is 0 Å². The lowest BCUT2D eigenvalue weighted by atomic mass is 10.0. The van der Waals surface area contributed by atoms with E-state index in [1.165, 1.54) is 0 Å². The highest BCUT2D eigenvalue weighted by atomic mass is 16.3. The van der Waals surface area contributed by atoms with Crippen LogP contribution in [0.1, 0.15) is 0 Å². The fraction of sp³-hybridized carbons (Fsp3) is 0. The van der Waals surface area contributed by atoms with E-state index in [4.69, 9.17) is 13.3 Å². The maximum absolute atomic E-state index is 7.21. The first kappa shape index (κ1) is 31.1. The summed E-state index contributed by atoms with van der Waals surface area (Å²) >= 11 is 0. The second kappa shape index (κ2) is 11.3. The van der Waals surface area contributed by atoms with Gasteiger partial charge in [0.25, 0.3) is 0 Å². The second-order valence-corrected chi connectivity index (χ2v) is 15.6. The maximum Gasteiger partial charge on any atom is 0.159 e. The number of fused-ring (bicyclic) bond motifs is 17. The molecule has 0 amide bonds. The van der Waals surface area contributed by atoms with Crippen LogP contribution in [0.4, 0.5) is 0 Å². The largest absolute Gasteiger partial charge is 0.455 e. The van der Waals surface area contributed by atoms with Crippen LogP contribution in [0.2, 0.25) is 0 Å². The van der Waals surface area contributed by atoms with E-state index < -0.39 is 0 Å². The zero-order chi connectivity index (χ0) is 38.3. The van der Waals surface area contributed by atoms with Gasteiger partial charge in [-0.25, -0.2) is 0 Å². The van der Waals surface area contributed by atoms with Crippen molar-refractivity contribution < 1.29 is 13.3 Å². The first-order valence-electron chi connectivity index (χ1n) is 20.0. The average molecular weight is 755 g/mol. The summed E-state index contributed by atoms with van der Waals surface area (Å²) in [7, 11) is 0. The third-order valence-electron chi connectivity index (χ3n) is 12.5. The Morgan fingerprint density at radius 3 is 1.44 bits per heavy atom. The van der Waals surface area contributed by atoms with Gasteiger partial charge in [0.05, 0.1) is 38.5 Å². The number of para-hydroxylation sites is 6. The SMILES string of the molecule is c1ccc2c(c1)oc1c(-c3ccc(-n4c5ccccc5c5c6oc7c(ccc8c7c7ccccc7n8-c7cccc8c7oc7ccccc78)c6ccc54)cc3)cccc12. The standard InChI is InChI=1S/C54H30N2O3/c1-5-18-42-40(13-1)49-44(55(42)32-25-23-31(24-26-32)33-15-9-16-36-34-11-3-7-21-47(34)57-51(33)36)29-27-38-39-28-30-45-50(54(39)59-53(38)49)41-14-2-6-19-43(41)56(45)46-20-10-17-37-35-12-4-8-22-48(35)58-52(37)46/h1-30H. The summed E-state index contributed by atoms with van der Waals surface area (Å²) in [4.78, 5) is 0. The summed E-state index contributed by atoms with van der Waals surface area (Å²) < 4.78 is 24.9. The van der Waals surface area contributed by atoms with Gasteiger partial charge in [-0.3, -0.25) is 0 Å². The minimum atomic E-state index is 0.871. The molecule has 5 nitrogen and oxygen atoms in total. The smallest absolute Gasteiger partial charge is 0.159 e. The normalized spacial score (nSPS) is 12.4. The molecule has 5 aromatic heterocycles. The van der Waals surface area contributed by atoms with Crippen molar-refractivity contribution >= 4 is 109 Å². The molecule has 9 aromatic carbocycles. The van der Waals surface area contributed by atoms with Crippen molar-refractivity contribution in [3.63, 3.8) is 0 Å². The van der Waals surface area contributed by atoms with Crippen molar-refractivity contribution in [2.24, 2.45) is 0 Å². The van der Waals surface area contributed by atoms with Gasteiger partial charge in [-0.05, 0) is 72.3 Å². The molecule has 59 heavy (non-hydrogen) atoms. The summed E-state index contributed by atoms with van der Waals surface area (Å²) in [5.41, 5.74) is 14.0. The molecule has 0 atom stereocenters. The molecule has 0 saturated carbocycles. The van der Waals surface area contributed by atoms with E-state index >= 15 is 0 Å². The lowest BCUT2D eigenvalue weighted by Crippen LogP contribution is -1.94. The topological polar surface area (TPSA) is 49.3 Å². The summed E-state index contributed by atoms with van der Waals surface area (Å²) in [5, 5.41) is 11.2. The molecule has 5 heterocycles. The van der Waals surface area contributed by atoms with Gasteiger partial charge in [0, 0.05) is 54.3 Å². The molecule has 14 rings (SSSR count). The van der Waals surface area contributed by atoms with Crippen LogP contribution in [0.25, 0.3) is 132 Å². The highest BCUT2D eigenvalue weighted by Gasteiger charge is 2.24. The minimum Gasteiger partial charge on any atom is -0.455 e. The van der Waals surface area contributed by atoms with E-state index in [-0.39, 0.29) is 0 Å². The van der Waals surface area contributed by atoms with Gasteiger partial charge in [0.15, 0.2) is 5.58 Å². The summed E-state index contributed by atoms with van der Waals surface area (Å²) in [5.74, 6) is 0. The van der Waals surface area contributed by atoms with Crippen molar-refractivity contribution in [1.29, 1.82) is 0 Å². The Labute approximate surface area is 335 Å². The maximum atomic E-state index is 7.21. The highest BCUT2D eigenvalue weighted by Crippen LogP contribution is 2.46. The molecule has 14 aromatic rings. The molecule has 0 radical (unpaired) electrons. The van der Waals surface area contributed by atoms with E-state index in [1.54, 1.807) is 0 Å². The third-order valence-corrected chi connectivity index (χ3v) is 12.5. The number of hydrogen-bond donors (Lipinski definition) is 0. The van der Waals surface area contributed by atoms with Crippen LogP contribution in [-0.2, 0) is 0 Å². The minimum absolute atomic E-state index is 0.871. The molecular formula is C54H30N2O3. The molecule has 0 unspecified atom stereocenters. The molecule has 5 heteroatoms. The molecule has 274 valence electrons. The van der Waals surface area contributed by atoms with Gasteiger partial charge in [-0.1, -0.05) is 115 Å². The van der Waals surface area contributed by atoms with Crippen LogP contribution in [-0.4, -0.2) is 9.13 Å². The number of furan rings is 3. The first-order valence-corrected chi connectivity index (χ1v) is 20.0. The predicted molar refractivity (Wildman–Crippen MR) is 242 cm³/mol. The lowest BCUT2D eigenvalue weighted by molar-refractivity contribution is 0.666. The predicted octanol–water partition coefficient (Wildman–Crippen LogP) is 15.2. The van der Waals surface area contributed by atoms with Crippen molar-refractivity contribution in [2.45, 2.75) is 0 Å². The average Bonchev–Trinajstić information content (AvgIpc) is 4.10. The Morgan fingerprint density at radius 1 is 0.288 bits per heavy atom. The second-order valence-electron chi connectivity index (χ2n) is 15.6. The third kappa shape index (κ3) is 4.08. The van der Waals surface area contributed by atoms with Gasteiger partial charge in [-0.2, -0.15) is 0 Å². The number of rotatable bonds is 3. The van der Waals surface area contributed by atoms with Crippen molar-refractivity contribution in [2.75, 3.05) is 0 Å².